The van der Waals surface area contributed by atoms with Crippen LogP contribution in [0.5, 0.6) is 0 Å². The van der Waals surface area contributed by atoms with E-state index < -0.39 is 5.97 Å². The maximum Gasteiger partial charge on any atom is 0.338 e. The van der Waals surface area contributed by atoms with E-state index in [2.05, 4.69) is 4.90 Å². The molecular formula is C16H23NO3S. The molecule has 0 radical (unpaired) electrons. The molecular weight excluding hydrogens is 286 g/mol. The molecule has 1 aromatic carbocycles. The van der Waals surface area contributed by atoms with Crippen molar-refractivity contribution in [2.24, 2.45) is 0 Å². The molecule has 0 aliphatic carbocycles. The van der Waals surface area contributed by atoms with Crippen LogP contribution in [0.15, 0.2) is 23.1 Å². The third kappa shape index (κ3) is 3.52. The Balaban J connectivity index is 2.48. The van der Waals surface area contributed by atoms with E-state index in [9.17, 15) is 9.90 Å². The smallest absolute Gasteiger partial charge is 0.338 e. The van der Waals surface area contributed by atoms with Gasteiger partial charge in [-0.3, -0.25) is 0 Å². The summed E-state index contributed by atoms with van der Waals surface area (Å²) >= 11 is 1.46. The van der Waals surface area contributed by atoms with E-state index in [4.69, 9.17) is 4.74 Å². The van der Waals surface area contributed by atoms with Gasteiger partial charge < -0.3 is 14.7 Å². The van der Waals surface area contributed by atoms with Crippen molar-refractivity contribution < 1.29 is 14.6 Å². The largest absolute Gasteiger partial charge is 0.478 e. The van der Waals surface area contributed by atoms with Gasteiger partial charge in [0.2, 0.25) is 0 Å². The van der Waals surface area contributed by atoms with Gasteiger partial charge in [0.15, 0.2) is 0 Å². The molecule has 0 unspecified atom stereocenters. The number of nitrogens with zero attached hydrogens (tertiary/aromatic N) is 1. The van der Waals surface area contributed by atoms with Gasteiger partial charge >= 0.3 is 5.97 Å². The van der Waals surface area contributed by atoms with Crippen LogP contribution < -0.4 is 4.90 Å². The number of thioether (sulfide) groups is 1. The summed E-state index contributed by atoms with van der Waals surface area (Å²) in [6.45, 7) is 9.52. The zero-order valence-corrected chi connectivity index (χ0v) is 14.1. The number of morpholine rings is 1. The van der Waals surface area contributed by atoms with Crippen molar-refractivity contribution in [3.8, 4) is 0 Å². The molecule has 1 N–H and O–H groups in total. The standard InChI is InChI=1S/C16H23NO3S/c1-15(2)9-17(10-16(3,4)20-15)11-7-6-8-12(21-5)13(11)14(18)19/h6-8H,9-10H2,1-5H3,(H,18,19). The molecule has 116 valence electrons. The first-order chi connectivity index (χ1) is 9.65. The SMILES string of the molecule is CSc1cccc(N2CC(C)(C)OC(C)(C)C2)c1C(=O)O. The normalized spacial score (nSPS) is 20.3. The molecule has 0 aromatic heterocycles. The van der Waals surface area contributed by atoms with Gasteiger partial charge in [-0.15, -0.1) is 11.8 Å². The highest BCUT2D eigenvalue weighted by Crippen LogP contribution is 2.35. The van der Waals surface area contributed by atoms with Gasteiger partial charge in [0.1, 0.15) is 0 Å². The van der Waals surface area contributed by atoms with Crippen LogP contribution >= 0.6 is 11.8 Å². The van der Waals surface area contributed by atoms with E-state index in [0.717, 1.165) is 10.6 Å². The van der Waals surface area contributed by atoms with E-state index in [1.165, 1.54) is 11.8 Å². The second-order valence-electron chi connectivity index (χ2n) is 6.64. The van der Waals surface area contributed by atoms with Crippen LogP contribution in [0.3, 0.4) is 0 Å². The van der Waals surface area contributed by atoms with Crippen LogP contribution in [0.25, 0.3) is 0 Å². The van der Waals surface area contributed by atoms with Crippen molar-refractivity contribution in [3.05, 3.63) is 23.8 Å². The van der Waals surface area contributed by atoms with Gasteiger partial charge in [0.25, 0.3) is 0 Å². The Hall–Kier alpha value is -1.20. The third-order valence-electron chi connectivity index (χ3n) is 3.47. The van der Waals surface area contributed by atoms with Gasteiger partial charge in [-0.1, -0.05) is 6.07 Å². The number of hydrogen-bond donors (Lipinski definition) is 1. The van der Waals surface area contributed by atoms with Gasteiger partial charge in [0.05, 0.1) is 22.5 Å². The number of carboxylic acids is 1. The number of rotatable bonds is 3. The predicted octanol–water partition coefficient (Wildman–Crippen LogP) is 3.50. The molecule has 1 saturated heterocycles. The lowest BCUT2D eigenvalue weighted by Gasteiger charge is -2.48. The molecule has 2 rings (SSSR count). The summed E-state index contributed by atoms with van der Waals surface area (Å²) in [5, 5.41) is 9.60. The number of aromatic carboxylic acids is 1. The molecule has 5 heteroatoms. The maximum absolute atomic E-state index is 11.7. The molecule has 4 nitrogen and oxygen atoms in total. The van der Waals surface area contributed by atoms with Crippen molar-refractivity contribution >= 4 is 23.4 Å². The topological polar surface area (TPSA) is 49.8 Å². The Bertz CT molecular complexity index is 538. The summed E-state index contributed by atoms with van der Waals surface area (Å²) < 4.78 is 6.08. The van der Waals surface area contributed by atoms with Crippen LogP contribution in [-0.2, 0) is 4.74 Å². The first-order valence-corrected chi connectivity index (χ1v) is 8.23. The average molecular weight is 309 g/mol. The summed E-state index contributed by atoms with van der Waals surface area (Å²) in [6, 6.07) is 5.66. The van der Waals surface area contributed by atoms with Gasteiger partial charge in [-0.05, 0) is 46.1 Å². The van der Waals surface area contributed by atoms with Crippen molar-refractivity contribution in [1.82, 2.24) is 0 Å². The molecule has 1 aliphatic heterocycles. The highest BCUT2D eigenvalue weighted by atomic mass is 32.2. The monoisotopic (exact) mass is 309 g/mol. The van der Waals surface area contributed by atoms with Crippen LogP contribution in [0.2, 0.25) is 0 Å². The lowest BCUT2D eigenvalue weighted by molar-refractivity contribution is -0.133. The van der Waals surface area contributed by atoms with Crippen molar-refractivity contribution in [2.45, 2.75) is 43.8 Å². The molecule has 21 heavy (non-hydrogen) atoms. The van der Waals surface area contributed by atoms with E-state index in [0.29, 0.717) is 18.7 Å². The van der Waals surface area contributed by atoms with E-state index in [1.807, 2.05) is 52.1 Å². The highest BCUT2D eigenvalue weighted by molar-refractivity contribution is 7.98. The molecule has 1 aromatic rings. The molecule has 0 spiro atoms. The Morgan fingerprint density at radius 1 is 1.24 bits per heavy atom. The lowest BCUT2D eigenvalue weighted by atomic mass is 9.97. The second kappa shape index (κ2) is 5.54. The van der Waals surface area contributed by atoms with Gasteiger partial charge in [-0.2, -0.15) is 0 Å². The number of benzene rings is 1. The fourth-order valence-corrected chi connectivity index (χ4v) is 3.74. The fraction of sp³-hybridized carbons (Fsp3) is 0.562. The first-order valence-electron chi connectivity index (χ1n) is 7.01. The molecule has 1 aliphatic rings. The number of ether oxygens (including phenoxy) is 1. The molecule has 1 fully saturated rings. The Labute approximate surface area is 130 Å². The van der Waals surface area contributed by atoms with E-state index >= 15 is 0 Å². The van der Waals surface area contributed by atoms with Gasteiger partial charge in [0, 0.05) is 18.0 Å². The molecule has 1 heterocycles. The van der Waals surface area contributed by atoms with E-state index in [-0.39, 0.29) is 11.2 Å². The number of carbonyl (C=O) groups is 1. The Morgan fingerprint density at radius 3 is 2.29 bits per heavy atom. The minimum Gasteiger partial charge on any atom is -0.478 e. The predicted molar refractivity (Wildman–Crippen MR) is 86.6 cm³/mol. The Morgan fingerprint density at radius 2 is 1.81 bits per heavy atom. The summed E-state index contributed by atoms with van der Waals surface area (Å²) in [6.07, 6.45) is 1.90. The average Bonchev–Trinajstić information content (AvgIpc) is 2.33. The Kier molecular flexibility index (Phi) is 4.26. The van der Waals surface area contributed by atoms with Crippen LogP contribution in [0.1, 0.15) is 38.1 Å². The number of carboxylic acid groups (broad SMARTS) is 1. The summed E-state index contributed by atoms with van der Waals surface area (Å²) in [5.74, 6) is -0.878. The fourth-order valence-electron chi connectivity index (χ4n) is 3.13. The van der Waals surface area contributed by atoms with Crippen molar-refractivity contribution in [1.29, 1.82) is 0 Å². The summed E-state index contributed by atoms with van der Waals surface area (Å²) in [5.41, 5.74) is 0.539. The van der Waals surface area contributed by atoms with Gasteiger partial charge in [-0.25, -0.2) is 4.79 Å². The summed E-state index contributed by atoms with van der Waals surface area (Å²) in [4.78, 5) is 14.6. The third-order valence-corrected chi connectivity index (χ3v) is 4.25. The maximum atomic E-state index is 11.7. The van der Waals surface area contributed by atoms with Crippen LogP contribution in [0, 0.1) is 0 Å². The number of hydrogen-bond acceptors (Lipinski definition) is 4. The van der Waals surface area contributed by atoms with E-state index in [1.54, 1.807) is 0 Å². The minimum atomic E-state index is -0.878. The molecule has 0 amide bonds. The molecule has 0 atom stereocenters. The quantitative estimate of drug-likeness (QED) is 0.866. The van der Waals surface area contributed by atoms with Crippen LogP contribution in [-0.4, -0.2) is 41.6 Å². The second-order valence-corrected chi connectivity index (χ2v) is 7.49. The van der Waals surface area contributed by atoms with Crippen molar-refractivity contribution in [2.75, 3.05) is 24.2 Å². The highest BCUT2D eigenvalue weighted by Gasteiger charge is 2.39. The minimum absolute atomic E-state index is 0.313. The van der Waals surface area contributed by atoms with Crippen molar-refractivity contribution in [3.63, 3.8) is 0 Å². The number of anilines is 1. The summed E-state index contributed by atoms with van der Waals surface area (Å²) in [7, 11) is 0. The zero-order chi connectivity index (χ0) is 15.8. The molecule has 0 bridgehead atoms. The molecule has 0 saturated carbocycles. The zero-order valence-electron chi connectivity index (χ0n) is 13.3. The first kappa shape index (κ1) is 16.2. The lowest BCUT2D eigenvalue weighted by Crippen LogP contribution is -2.57. The van der Waals surface area contributed by atoms with Crippen LogP contribution in [0.4, 0.5) is 5.69 Å².